The van der Waals surface area contributed by atoms with Crippen LogP contribution in [0.4, 0.5) is 5.69 Å². The lowest BCUT2D eigenvalue weighted by Gasteiger charge is -2.07. The monoisotopic (exact) mass is 225 g/mol. The van der Waals surface area contributed by atoms with E-state index in [-0.39, 0.29) is 0 Å². The Hall–Kier alpha value is -2.56. The SMILES string of the molecule is Nc1cc(-n2cccn2)cc(-n2cccn2)c1. The van der Waals surface area contributed by atoms with Crippen LogP contribution >= 0.6 is 0 Å². The molecule has 3 rings (SSSR count). The molecule has 5 nitrogen and oxygen atoms in total. The highest BCUT2D eigenvalue weighted by Gasteiger charge is 2.03. The Balaban J connectivity index is 2.13. The van der Waals surface area contributed by atoms with Crippen molar-refractivity contribution in [2.24, 2.45) is 0 Å². The average molecular weight is 225 g/mol. The van der Waals surface area contributed by atoms with Crippen LogP contribution in [0.3, 0.4) is 0 Å². The molecule has 0 aliphatic rings. The molecule has 0 aliphatic carbocycles. The molecule has 0 radical (unpaired) electrons. The number of nitrogens with zero attached hydrogens (tertiary/aromatic N) is 4. The summed E-state index contributed by atoms with van der Waals surface area (Å²) in [6.45, 7) is 0. The Bertz CT molecular complexity index is 558. The number of nitrogens with two attached hydrogens (primary N) is 1. The lowest BCUT2D eigenvalue weighted by Crippen LogP contribution is -2.01. The molecule has 2 aromatic heterocycles. The van der Waals surface area contributed by atoms with E-state index in [4.69, 9.17) is 5.73 Å². The third-order valence-electron chi connectivity index (χ3n) is 2.46. The molecule has 0 fully saturated rings. The summed E-state index contributed by atoms with van der Waals surface area (Å²) in [7, 11) is 0. The number of hydrogen-bond donors (Lipinski definition) is 1. The second kappa shape index (κ2) is 3.79. The number of aromatic nitrogens is 4. The number of rotatable bonds is 2. The lowest BCUT2D eigenvalue weighted by molar-refractivity contribution is 0.857. The van der Waals surface area contributed by atoms with E-state index in [1.165, 1.54) is 0 Å². The van der Waals surface area contributed by atoms with Crippen LogP contribution in [0.15, 0.2) is 55.1 Å². The van der Waals surface area contributed by atoms with Crippen LogP contribution in [0.2, 0.25) is 0 Å². The fourth-order valence-electron chi connectivity index (χ4n) is 1.73. The number of anilines is 1. The highest BCUT2D eigenvalue weighted by molar-refractivity contribution is 5.55. The van der Waals surface area contributed by atoms with Gasteiger partial charge < -0.3 is 5.73 Å². The Morgan fingerprint density at radius 1 is 0.824 bits per heavy atom. The summed E-state index contributed by atoms with van der Waals surface area (Å²) in [5.41, 5.74) is 8.41. The summed E-state index contributed by atoms with van der Waals surface area (Å²) in [4.78, 5) is 0. The Morgan fingerprint density at radius 3 is 1.76 bits per heavy atom. The van der Waals surface area contributed by atoms with E-state index in [0.29, 0.717) is 5.69 Å². The van der Waals surface area contributed by atoms with Gasteiger partial charge in [-0.2, -0.15) is 10.2 Å². The van der Waals surface area contributed by atoms with E-state index in [1.807, 2.05) is 42.7 Å². The van der Waals surface area contributed by atoms with Crippen LogP contribution in [0.25, 0.3) is 11.4 Å². The molecule has 17 heavy (non-hydrogen) atoms. The van der Waals surface area contributed by atoms with Crippen molar-refractivity contribution >= 4 is 5.69 Å². The Labute approximate surface area is 98.1 Å². The van der Waals surface area contributed by atoms with Crippen molar-refractivity contribution in [3.63, 3.8) is 0 Å². The van der Waals surface area contributed by atoms with Crippen LogP contribution in [0.5, 0.6) is 0 Å². The number of hydrogen-bond acceptors (Lipinski definition) is 3. The summed E-state index contributed by atoms with van der Waals surface area (Å²) in [5, 5.41) is 8.36. The zero-order valence-electron chi connectivity index (χ0n) is 9.06. The molecule has 0 unspecified atom stereocenters. The zero-order valence-corrected chi connectivity index (χ0v) is 9.06. The first-order chi connectivity index (χ1) is 8.33. The van der Waals surface area contributed by atoms with E-state index in [9.17, 15) is 0 Å². The zero-order chi connectivity index (χ0) is 11.7. The first-order valence-electron chi connectivity index (χ1n) is 5.23. The first-order valence-corrected chi connectivity index (χ1v) is 5.23. The van der Waals surface area contributed by atoms with E-state index < -0.39 is 0 Å². The highest BCUT2D eigenvalue weighted by Crippen LogP contribution is 2.17. The van der Waals surface area contributed by atoms with Gasteiger partial charge in [-0.3, -0.25) is 0 Å². The number of nitrogen functional groups attached to an aromatic ring is 1. The van der Waals surface area contributed by atoms with E-state index in [0.717, 1.165) is 11.4 Å². The molecular weight excluding hydrogens is 214 g/mol. The summed E-state index contributed by atoms with van der Waals surface area (Å²) >= 11 is 0. The minimum Gasteiger partial charge on any atom is -0.399 e. The second-order valence-corrected chi connectivity index (χ2v) is 3.68. The highest BCUT2D eigenvalue weighted by atomic mass is 15.3. The maximum atomic E-state index is 5.89. The van der Waals surface area contributed by atoms with Crippen molar-refractivity contribution in [2.45, 2.75) is 0 Å². The molecule has 0 aliphatic heterocycles. The largest absolute Gasteiger partial charge is 0.399 e. The minimum atomic E-state index is 0.684. The van der Waals surface area contributed by atoms with Gasteiger partial charge in [0.15, 0.2) is 0 Å². The van der Waals surface area contributed by atoms with Crippen molar-refractivity contribution in [1.82, 2.24) is 19.6 Å². The van der Waals surface area contributed by atoms with Crippen LogP contribution in [0.1, 0.15) is 0 Å². The van der Waals surface area contributed by atoms with Crippen LogP contribution < -0.4 is 5.73 Å². The number of benzene rings is 1. The second-order valence-electron chi connectivity index (χ2n) is 3.68. The van der Waals surface area contributed by atoms with E-state index in [2.05, 4.69) is 10.2 Å². The molecule has 0 spiro atoms. The molecule has 0 atom stereocenters. The molecule has 0 saturated heterocycles. The smallest absolute Gasteiger partial charge is 0.0687 e. The van der Waals surface area contributed by atoms with Gasteiger partial charge in [-0.25, -0.2) is 9.36 Å². The van der Waals surface area contributed by atoms with Crippen molar-refractivity contribution in [1.29, 1.82) is 0 Å². The summed E-state index contributed by atoms with van der Waals surface area (Å²) < 4.78 is 3.53. The fraction of sp³-hybridized carbons (Fsp3) is 0. The summed E-state index contributed by atoms with van der Waals surface area (Å²) in [5.74, 6) is 0. The van der Waals surface area contributed by atoms with Gasteiger partial charge in [0, 0.05) is 30.5 Å². The molecule has 0 bridgehead atoms. The van der Waals surface area contributed by atoms with Gasteiger partial charge in [-0.05, 0) is 30.3 Å². The summed E-state index contributed by atoms with van der Waals surface area (Å²) in [6.07, 6.45) is 7.22. The quantitative estimate of drug-likeness (QED) is 0.674. The van der Waals surface area contributed by atoms with Gasteiger partial charge in [-0.15, -0.1) is 0 Å². The molecule has 3 aromatic rings. The topological polar surface area (TPSA) is 61.7 Å². The first kappa shape index (κ1) is 9.65. The molecular formula is C12H11N5. The predicted molar refractivity (Wildman–Crippen MR) is 65.1 cm³/mol. The van der Waals surface area contributed by atoms with Gasteiger partial charge in [0.25, 0.3) is 0 Å². The molecule has 0 amide bonds. The Morgan fingerprint density at radius 2 is 1.35 bits per heavy atom. The molecule has 5 heteroatoms. The van der Waals surface area contributed by atoms with Crippen molar-refractivity contribution < 1.29 is 0 Å². The molecule has 2 N–H and O–H groups in total. The normalized spacial score (nSPS) is 10.6. The average Bonchev–Trinajstić information content (AvgIpc) is 3.02. The predicted octanol–water partition coefficient (Wildman–Crippen LogP) is 1.64. The van der Waals surface area contributed by atoms with Gasteiger partial charge >= 0.3 is 0 Å². The molecule has 2 heterocycles. The van der Waals surface area contributed by atoms with Crippen LogP contribution in [0, 0.1) is 0 Å². The fourth-order valence-corrected chi connectivity index (χ4v) is 1.73. The van der Waals surface area contributed by atoms with Gasteiger partial charge in [0.1, 0.15) is 0 Å². The summed E-state index contributed by atoms with van der Waals surface area (Å²) in [6, 6.07) is 9.48. The lowest BCUT2D eigenvalue weighted by atomic mass is 10.2. The third kappa shape index (κ3) is 1.78. The van der Waals surface area contributed by atoms with Gasteiger partial charge in [-0.1, -0.05) is 0 Å². The van der Waals surface area contributed by atoms with Crippen LogP contribution in [-0.4, -0.2) is 19.6 Å². The maximum Gasteiger partial charge on any atom is 0.0687 e. The Kier molecular flexibility index (Phi) is 2.15. The molecule has 0 saturated carbocycles. The van der Waals surface area contributed by atoms with Gasteiger partial charge in [0.2, 0.25) is 0 Å². The maximum absolute atomic E-state index is 5.89. The van der Waals surface area contributed by atoms with Crippen molar-refractivity contribution in [3.8, 4) is 11.4 Å². The van der Waals surface area contributed by atoms with E-state index >= 15 is 0 Å². The minimum absolute atomic E-state index is 0.684. The van der Waals surface area contributed by atoms with Crippen molar-refractivity contribution in [3.05, 3.63) is 55.1 Å². The van der Waals surface area contributed by atoms with E-state index in [1.54, 1.807) is 21.8 Å². The van der Waals surface area contributed by atoms with Gasteiger partial charge in [0.05, 0.1) is 11.4 Å². The van der Waals surface area contributed by atoms with Crippen molar-refractivity contribution in [2.75, 3.05) is 5.73 Å². The third-order valence-corrected chi connectivity index (χ3v) is 2.46. The molecule has 84 valence electrons. The standard InChI is InChI=1S/C12H11N5/c13-10-7-11(16-5-1-3-14-16)9-12(8-10)17-6-2-4-15-17/h1-9H,13H2. The molecule has 1 aromatic carbocycles. The van der Waals surface area contributed by atoms with Crippen LogP contribution in [-0.2, 0) is 0 Å².